The number of anilines is 1. The molecule has 0 spiro atoms. The van der Waals surface area contributed by atoms with Crippen LogP contribution in [0, 0.1) is 16.7 Å². The van der Waals surface area contributed by atoms with Crippen LogP contribution in [0.1, 0.15) is 80.5 Å². The van der Waals surface area contributed by atoms with Crippen LogP contribution in [-0.4, -0.2) is 61.5 Å². The number of carboxylic acid groups (broad SMARTS) is 1. The number of amides is 3. The Bertz CT molecular complexity index is 1830. The number of nitriles is 1. The Morgan fingerprint density at radius 1 is 1.10 bits per heavy atom. The van der Waals surface area contributed by atoms with Gasteiger partial charge in [0.25, 0.3) is 5.91 Å². The molecule has 250 valence electrons. The molecule has 1 saturated heterocycles. The molecule has 1 fully saturated rings. The Kier molecular flexibility index (Phi) is 10.4. The lowest BCUT2D eigenvalue weighted by molar-refractivity contribution is -0.131. The van der Waals surface area contributed by atoms with Gasteiger partial charge in [-0.25, -0.2) is 9.78 Å². The molecule has 4 aromatic rings. The molecule has 48 heavy (non-hydrogen) atoms. The van der Waals surface area contributed by atoms with Gasteiger partial charge in [0.1, 0.15) is 6.42 Å². The third-order valence-electron chi connectivity index (χ3n) is 9.27. The maximum Gasteiger partial charge on any atom is 0.408 e. The van der Waals surface area contributed by atoms with Gasteiger partial charge in [-0.15, -0.1) is 0 Å². The lowest BCUT2D eigenvalue weighted by Gasteiger charge is -2.41. The van der Waals surface area contributed by atoms with E-state index in [2.05, 4.69) is 5.32 Å². The largest absolute Gasteiger partial charge is 0.465 e. The third kappa shape index (κ3) is 7.63. The van der Waals surface area contributed by atoms with Crippen molar-refractivity contribution in [2.24, 2.45) is 5.41 Å². The number of hydrogen-bond acceptors (Lipinski definition) is 5. The summed E-state index contributed by atoms with van der Waals surface area (Å²) < 4.78 is 1.96. The van der Waals surface area contributed by atoms with Gasteiger partial charge in [0.05, 0.1) is 29.2 Å². The molecule has 3 amide bonds. The maximum atomic E-state index is 13.4. The summed E-state index contributed by atoms with van der Waals surface area (Å²) in [6.45, 7) is 8.95. The number of benzene rings is 3. The number of aromatic nitrogens is 2. The number of hydrogen-bond donors (Lipinski definition) is 2. The first-order valence-electron chi connectivity index (χ1n) is 16.2. The molecule has 1 aliphatic rings. The number of nitrogens with one attached hydrogen (secondary N) is 1. The van der Waals surface area contributed by atoms with E-state index in [9.17, 15) is 19.5 Å². The van der Waals surface area contributed by atoms with Crippen molar-refractivity contribution in [3.63, 3.8) is 0 Å². The summed E-state index contributed by atoms with van der Waals surface area (Å²) in [7, 11) is 0. The highest BCUT2D eigenvalue weighted by Crippen LogP contribution is 2.37. The van der Waals surface area contributed by atoms with E-state index in [4.69, 9.17) is 21.8 Å². The van der Waals surface area contributed by atoms with Crippen molar-refractivity contribution in [3.05, 3.63) is 94.5 Å². The molecule has 2 N–H and O–H groups in total. The minimum atomic E-state index is -1.01. The van der Waals surface area contributed by atoms with Gasteiger partial charge in [-0.1, -0.05) is 68.8 Å². The Balaban J connectivity index is 1.61. The molecule has 11 heteroatoms. The molecule has 1 aromatic heterocycles. The molecule has 5 rings (SSSR count). The Morgan fingerprint density at radius 3 is 2.46 bits per heavy atom. The molecule has 0 saturated carbocycles. The predicted octanol–water partition coefficient (Wildman–Crippen LogP) is 7.72. The van der Waals surface area contributed by atoms with Crippen LogP contribution in [0.2, 0.25) is 5.02 Å². The summed E-state index contributed by atoms with van der Waals surface area (Å²) in [5, 5.41) is 23.2. The van der Waals surface area contributed by atoms with Gasteiger partial charge < -0.3 is 14.6 Å². The van der Waals surface area contributed by atoms with Gasteiger partial charge in [0, 0.05) is 29.7 Å². The van der Waals surface area contributed by atoms with Gasteiger partial charge in [-0.2, -0.15) is 5.26 Å². The minimum absolute atomic E-state index is 0.198. The van der Waals surface area contributed by atoms with Crippen LogP contribution in [0.25, 0.3) is 11.0 Å². The fourth-order valence-electron chi connectivity index (χ4n) is 6.33. The minimum Gasteiger partial charge on any atom is -0.465 e. The van der Waals surface area contributed by atoms with Crippen molar-refractivity contribution in [2.75, 3.05) is 18.4 Å². The highest BCUT2D eigenvalue weighted by molar-refractivity contribution is 6.30. The van der Waals surface area contributed by atoms with Gasteiger partial charge in [0.2, 0.25) is 11.9 Å². The molecule has 3 aromatic carbocycles. The SMILES string of the molecule is CC(N(C(=O)O)C(Cc1ccccc1)c1ccc2c(c1)nc(NC(=O)c1ccc(Cl)cc1)n2C1CCCN(C(=O)CC#N)C1)C(C)(C)C. The molecule has 1 aliphatic heterocycles. The van der Waals surface area contributed by atoms with E-state index in [0.29, 0.717) is 41.6 Å². The molecule has 2 heterocycles. The number of piperidine rings is 1. The lowest BCUT2D eigenvalue weighted by atomic mass is 9.84. The van der Waals surface area contributed by atoms with Crippen molar-refractivity contribution < 1.29 is 19.5 Å². The predicted molar refractivity (Wildman–Crippen MR) is 186 cm³/mol. The van der Waals surface area contributed by atoms with Crippen LogP contribution < -0.4 is 5.32 Å². The number of rotatable bonds is 9. The summed E-state index contributed by atoms with van der Waals surface area (Å²) in [6.07, 6.45) is 0.709. The van der Waals surface area contributed by atoms with E-state index >= 15 is 0 Å². The van der Waals surface area contributed by atoms with E-state index < -0.39 is 12.1 Å². The van der Waals surface area contributed by atoms with Crippen molar-refractivity contribution >= 4 is 46.5 Å². The molecule has 0 bridgehead atoms. The first-order valence-corrected chi connectivity index (χ1v) is 16.5. The third-order valence-corrected chi connectivity index (χ3v) is 9.53. The number of halogens is 1. The number of fused-ring (bicyclic) bond motifs is 1. The second kappa shape index (κ2) is 14.5. The molecule has 0 radical (unpaired) electrons. The van der Waals surface area contributed by atoms with Crippen molar-refractivity contribution in [1.29, 1.82) is 5.26 Å². The summed E-state index contributed by atoms with van der Waals surface area (Å²) in [4.78, 5) is 47.2. The molecular formula is C37H41ClN6O4. The quantitative estimate of drug-likeness (QED) is 0.188. The van der Waals surface area contributed by atoms with Gasteiger partial charge >= 0.3 is 6.09 Å². The van der Waals surface area contributed by atoms with Crippen LogP contribution in [0.3, 0.4) is 0 Å². The first kappa shape index (κ1) is 34.5. The Morgan fingerprint density at radius 2 is 1.81 bits per heavy atom. The highest BCUT2D eigenvalue weighted by Gasteiger charge is 2.36. The number of carbonyl (C=O) groups excluding carboxylic acids is 2. The average molecular weight is 669 g/mol. The Labute approximate surface area is 285 Å². The fraction of sp³-hybridized carbons (Fsp3) is 0.378. The van der Waals surface area contributed by atoms with Gasteiger partial charge in [0.15, 0.2) is 0 Å². The van der Waals surface area contributed by atoms with E-state index in [1.54, 1.807) is 29.2 Å². The second-order valence-corrected chi connectivity index (χ2v) is 13.9. The normalized spacial score (nSPS) is 16.2. The van der Waals surface area contributed by atoms with E-state index in [1.807, 2.05) is 86.9 Å². The van der Waals surface area contributed by atoms with Crippen molar-refractivity contribution in [3.8, 4) is 6.07 Å². The van der Waals surface area contributed by atoms with Crippen molar-refractivity contribution in [1.82, 2.24) is 19.4 Å². The number of nitrogens with zero attached hydrogens (tertiary/aromatic N) is 5. The van der Waals surface area contributed by atoms with Crippen LogP contribution in [0.4, 0.5) is 10.7 Å². The second-order valence-electron chi connectivity index (χ2n) is 13.4. The maximum absolute atomic E-state index is 13.4. The van der Waals surface area contributed by atoms with E-state index in [1.165, 1.54) is 4.90 Å². The number of carbonyl (C=O) groups is 3. The van der Waals surface area contributed by atoms with Crippen LogP contribution in [-0.2, 0) is 11.2 Å². The standard InChI is InChI=1S/C37H41ClN6O4/c1-24(37(2,3)4)43(36(47)48)32(21-25-9-6-5-7-10-25)27-14-17-31-30(22-27)40-35(41-34(46)26-12-15-28(38)16-13-26)44(31)29-11-8-20-42(23-29)33(45)18-19-39/h5-7,9-10,12-17,22,24,29,32H,8,11,18,20-21,23H2,1-4H3,(H,47,48)(H,40,41,46). The topological polar surface area (TPSA) is 132 Å². The number of likely N-dealkylation sites (tertiary alicyclic amines) is 1. The van der Waals surface area contributed by atoms with E-state index in [0.717, 1.165) is 29.5 Å². The molecule has 10 nitrogen and oxygen atoms in total. The van der Waals surface area contributed by atoms with E-state index in [-0.39, 0.29) is 35.7 Å². The highest BCUT2D eigenvalue weighted by atomic mass is 35.5. The molecular weight excluding hydrogens is 628 g/mol. The fourth-order valence-corrected chi connectivity index (χ4v) is 6.45. The molecule has 3 unspecified atom stereocenters. The summed E-state index contributed by atoms with van der Waals surface area (Å²) in [5.41, 5.74) is 3.19. The van der Waals surface area contributed by atoms with Crippen molar-refractivity contribution in [2.45, 2.75) is 71.5 Å². The van der Waals surface area contributed by atoms with Crippen LogP contribution >= 0.6 is 11.6 Å². The van der Waals surface area contributed by atoms with Crippen LogP contribution in [0.15, 0.2) is 72.8 Å². The zero-order chi connectivity index (χ0) is 34.6. The molecule has 0 aliphatic carbocycles. The monoisotopic (exact) mass is 668 g/mol. The smallest absolute Gasteiger partial charge is 0.408 e. The lowest BCUT2D eigenvalue weighted by Crippen LogP contribution is -2.47. The molecule has 3 atom stereocenters. The summed E-state index contributed by atoms with van der Waals surface area (Å²) >= 11 is 6.06. The van der Waals surface area contributed by atoms with Gasteiger partial charge in [-0.3, -0.25) is 19.8 Å². The Hall–Kier alpha value is -4.88. The zero-order valence-electron chi connectivity index (χ0n) is 27.7. The zero-order valence-corrected chi connectivity index (χ0v) is 28.4. The summed E-state index contributed by atoms with van der Waals surface area (Å²) in [6, 6.07) is 23.0. The van der Waals surface area contributed by atoms with Crippen LogP contribution in [0.5, 0.6) is 0 Å². The van der Waals surface area contributed by atoms with Gasteiger partial charge in [-0.05, 0) is 79.1 Å². The average Bonchev–Trinajstić information content (AvgIpc) is 3.41. The number of imidazole rings is 1. The first-order chi connectivity index (χ1) is 22.9. The summed E-state index contributed by atoms with van der Waals surface area (Å²) in [5.74, 6) is -0.278.